The molecule has 1 heterocycles. The van der Waals surface area contributed by atoms with E-state index in [9.17, 15) is 4.79 Å². The average Bonchev–Trinajstić information content (AvgIpc) is 2.44. The third-order valence-electron chi connectivity index (χ3n) is 2.15. The highest BCUT2D eigenvalue weighted by molar-refractivity contribution is 5.67. The Labute approximate surface area is 82.9 Å². The van der Waals surface area contributed by atoms with Gasteiger partial charge in [0.2, 0.25) is 0 Å². The van der Waals surface area contributed by atoms with E-state index in [1.54, 1.807) is 14.0 Å². The predicted molar refractivity (Wildman–Crippen MR) is 48.0 cm³/mol. The zero-order valence-electron chi connectivity index (χ0n) is 8.49. The predicted octanol–water partition coefficient (Wildman–Crippen LogP) is 0.629. The van der Waals surface area contributed by atoms with Crippen molar-refractivity contribution >= 4 is 5.97 Å². The van der Waals surface area contributed by atoms with Gasteiger partial charge in [0.15, 0.2) is 5.79 Å². The fourth-order valence-electron chi connectivity index (χ4n) is 1.40. The molecule has 0 bridgehead atoms. The minimum absolute atomic E-state index is 0.0113. The van der Waals surface area contributed by atoms with Crippen LogP contribution in [-0.2, 0) is 19.0 Å². The van der Waals surface area contributed by atoms with Crippen LogP contribution in [0.3, 0.4) is 0 Å². The van der Waals surface area contributed by atoms with Gasteiger partial charge in [0, 0.05) is 13.5 Å². The van der Waals surface area contributed by atoms with Gasteiger partial charge in [0.1, 0.15) is 0 Å². The molecule has 1 aliphatic heterocycles. The molecule has 82 valence electrons. The number of hydrogen-bond donors (Lipinski definition) is 1. The summed E-state index contributed by atoms with van der Waals surface area (Å²) in [4.78, 5) is 10.4. The molecule has 1 saturated heterocycles. The third-order valence-corrected chi connectivity index (χ3v) is 2.15. The number of methoxy groups -OCH3 is 1. The fourth-order valence-corrected chi connectivity index (χ4v) is 1.40. The second-order valence-corrected chi connectivity index (χ2v) is 3.53. The lowest BCUT2D eigenvalue weighted by molar-refractivity contribution is -0.168. The van der Waals surface area contributed by atoms with Crippen LogP contribution in [0, 0.1) is 0 Å². The van der Waals surface area contributed by atoms with Gasteiger partial charge in [-0.2, -0.15) is 0 Å². The SMILES string of the molecule is COCCC1(C)OCC(CC(=O)O)O1. The van der Waals surface area contributed by atoms with E-state index in [1.165, 1.54) is 0 Å². The lowest BCUT2D eigenvalue weighted by Crippen LogP contribution is -2.28. The van der Waals surface area contributed by atoms with Crippen molar-refractivity contribution in [1.29, 1.82) is 0 Å². The Kier molecular flexibility index (Phi) is 3.86. The summed E-state index contributed by atoms with van der Waals surface area (Å²) in [5, 5.41) is 8.56. The van der Waals surface area contributed by atoms with Gasteiger partial charge in [-0.1, -0.05) is 0 Å². The van der Waals surface area contributed by atoms with Crippen LogP contribution >= 0.6 is 0 Å². The summed E-state index contributed by atoms with van der Waals surface area (Å²) < 4.78 is 15.8. The molecule has 14 heavy (non-hydrogen) atoms. The molecule has 0 aliphatic carbocycles. The molecule has 0 aromatic heterocycles. The lowest BCUT2D eigenvalue weighted by atomic mass is 10.2. The van der Waals surface area contributed by atoms with Crippen LogP contribution in [0.4, 0.5) is 0 Å². The lowest BCUT2D eigenvalue weighted by Gasteiger charge is -2.22. The van der Waals surface area contributed by atoms with E-state index in [-0.39, 0.29) is 12.5 Å². The summed E-state index contributed by atoms with van der Waals surface area (Å²) in [5.41, 5.74) is 0. The van der Waals surface area contributed by atoms with Crippen LogP contribution in [0.2, 0.25) is 0 Å². The molecule has 1 N–H and O–H groups in total. The van der Waals surface area contributed by atoms with Crippen molar-refractivity contribution < 1.29 is 24.1 Å². The molecule has 1 aliphatic rings. The zero-order chi connectivity index (χ0) is 10.6. The van der Waals surface area contributed by atoms with E-state index in [2.05, 4.69) is 0 Å². The molecule has 0 aromatic rings. The summed E-state index contributed by atoms with van der Waals surface area (Å²) in [6, 6.07) is 0. The van der Waals surface area contributed by atoms with Crippen LogP contribution in [0.15, 0.2) is 0 Å². The summed E-state index contributed by atoms with van der Waals surface area (Å²) in [6.07, 6.45) is 0.261. The average molecular weight is 204 g/mol. The van der Waals surface area contributed by atoms with Gasteiger partial charge in [-0.15, -0.1) is 0 Å². The number of ether oxygens (including phenoxy) is 3. The first-order valence-corrected chi connectivity index (χ1v) is 4.58. The highest BCUT2D eigenvalue weighted by atomic mass is 16.7. The first kappa shape index (κ1) is 11.4. The molecule has 1 fully saturated rings. The van der Waals surface area contributed by atoms with Crippen molar-refractivity contribution in [3.8, 4) is 0 Å². The topological polar surface area (TPSA) is 65.0 Å². The summed E-state index contributed by atoms with van der Waals surface area (Å²) in [6.45, 7) is 2.68. The van der Waals surface area contributed by atoms with Crippen LogP contribution < -0.4 is 0 Å². The Bertz CT molecular complexity index is 205. The van der Waals surface area contributed by atoms with Crippen molar-refractivity contribution in [2.75, 3.05) is 20.3 Å². The Morgan fingerprint density at radius 1 is 1.71 bits per heavy atom. The van der Waals surface area contributed by atoms with Gasteiger partial charge in [-0.3, -0.25) is 4.79 Å². The standard InChI is InChI=1S/C9H16O5/c1-9(3-4-12-2)13-6-7(14-9)5-8(10)11/h7H,3-6H2,1-2H3,(H,10,11). The second-order valence-electron chi connectivity index (χ2n) is 3.53. The zero-order valence-corrected chi connectivity index (χ0v) is 8.49. The van der Waals surface area contributed by atoms with Crippen molar-refractivity contribution in [3.05, 3.63) is 0 Å². The van der Waals surface area contributed by atoms with E-state index in [0.717, 1.165) is 0 Å². The second kappa shape index (κ2) is 4.72. The molecule has 0 spiro atoms. The number of aliphatic carboxylic acids is 1. The first-order chi connectivity index (χ1) is 6.56. The molecule has 5 nitrogen and oxygen atoms in total. The smallest absolute Gasteiger partial charge is 0.306 e. The third kappa shape index (κ3) is 3.25. The van der Waals surface area contributed by atoms with Gasteiger partial charge in [0.25, 0.3) is 0 Å². The number of hydrogen-bond acceptors (Lipinski definition) is 4. The molecule has 2 unspecified atom stereocenters. The maximum absolute atomic E-state index is 10.4. The summed E-state index contributed by atoms with van der Waals surface area (Å²) >= 11 is 0. The number of rotatable bonds is 5. The maximum atomic E-state index is 10.4. The first-order valence-electron chi connectivity index (χ1n) is 4.58. The van der Waals surface area contributed by atoms with E-state index >= 15 is 0 Å². The van der Waals surface area contributed by atoms with E-state index in [0.29, 0.717) is 19.6 Å². The molecular weight excluding hydrogens is 188 g/mol. The van der Waals surface area contributed by atoms with Crippen molar-refractivity contribution in [3.63, 3.8) is 0 Å². The van der Waals surface area contributed by atoms with Crippen molar-refractivity contribution in [1.82, 2.24) is 0 Å². The van der Waals surface area contributed by atoms with Crippen LogP contribution in [0.1, 0.15) is 19.8 Å². The fraction of sp³-hybridized carbons (Fsp3) is 0.889. The minimum Gasteiger partial charge on any atom is -0.481 e. The largest absolute Gasteiger partial charge is 0.481 e. The Morgan fingerprint density at radius 2 is 2.43 bits per heavy atom. The molecule has 0 aromatic carbocycles. The number of carbonyl (C=O) groups is 1. The van der Waals surface area contributed by atoms with Crippen LogP contribution in [0.25, 0.3) is 0 Å². The highest BCUT2D eigenvalue weighted by Crippen LogP contribution is 2.27. The monoisotopic (exact) mass is 204 g/mol. The Hall–Kier alpha value is -0.650. The normalized spacial score (nSPS) is 32.0. The van der Waals surface area contributed by atoms with E-state index < -0.39 is 11.8 Å². The van der Waals surface area contributed by atoms with Gasteiger partial charge < -0.3 is 19.3 Å². The van der Waals surface area contributed by atoms with Crippen LogP contribution in [0.5, 0.6) is 0 Å². The number of carboxylic acids is 1. The van der Waals surface area contributed by atoms with Gasteiger partial charge in [-0.05, 0) is 6.92 Å². The van der Waals surface area contributed by atoms with Gasteiger partial charge in [0.05, 0.1) is 25.7 Å². The van der Waals surface area contributed by atoms with Crippen molar-refractivity contribution in [2.24, 2.45) is 0 Å². The molecule has 1 rings (SSSR count). The molecule has 5 heteroatoms. The Balaban J connectivity index is 2.34. The van der Waals surface area contributed by atoms with Gasteiger partial charge >= 0.3 is 5.97 Å². The molecule has 2 atom stereocenters. The summed E-state index contributed by atoms with van der Waals surface area (Å²) in [5.74, 6) is -1.55. The highest BCUT2D eigenvalue weighted by Gasteiger charge is 2.37. The van der Waals surface area contributed by atoms with Crippen molar-refractivity contribution in [2.45, 2.75) is 31.7 Å². The van der Waals surface area contributed by atoms with E-state index in [4.69, 9.17) is 19.3 Å². The summed E-state index contributed by atoms with van der Waals surface area (Å²) in [7, 11) is 1.60. The molecular formula is C9H16O5. The molecule has 0 saturated carbocycles. The quantitative estimate of drug-likeness (QED) is 0.711. The maximum Gasteiger partial charge on any atom is 0.306 e. The van der Waals surface area contributed by atoms with E-state index in [1.807, 2.05) is 0 Å². The minimum atomic E-state index is -0.866. The molecule has 0 radical (unpaired) electrons. The molecule has 0 amide bonds. The Morgan fingerprint density at radius 3 is 3.00 bits per heavy atom. The number of carboxylic acid groups (broad SMARTS) is 1. The van der Waals surface area contributed by atoms with Crippen LogP contribution in [-0.4, -0.2) is 43.3 Å². The van der Waals surface area contributed by atoms with Gasteiger partial charge in [-0.25, -0.2) is 0 Å².